The van der Waals surface area contributed by atoms with Gasteiger partial charge in [0.05, 0.1) is 25.2 Å². The fourth-order valence-electron chi connectivity index (χ4n) is 1.65. The third-order valence-corrected chi connectivity index (χ3v) is 3.99. The maximum Gasteiger partial charge on any atom is 0.276 e. The van der Waals surface area contributed by atoms with Crippen LogP contribution in [0.1, 0.15) is 12.8 Å². The predicted octanol–water partition coefficient (Wildman–Crippen LogP) is 1.14. The summed E-state index contributed by atoms with van der Waals surface area (Å²) in [5.41, 5.74) is 0.809. The van der Waals surface area contributed by atoms with Crippen molar-refractivity contribution in [2.75, 3.05) is 20.3 Å². The molecule has 104 valence electrons. The van der Waals surface area contributed by atoms with Crippen molar-refractivity contribution in [3.8, 4) is 5.75 Å². The molecule has 0 amide bonds. The lowest BCUT2D eigenvalue weighted by atomic mass is 10.2. The summed E-state index contributed by atoms with van der Waals surface area (Å²) in [4.78, 5) is 2.40. The summed E-state index contributed by atoms with van der Waals surface area (Å²) in [7, 11) is -2.09. The van der Waals surface area contributed by atoms with Gasteiger partial charge in [-0.1, -0.05) is 0 Å². The first-order valence-electron chi connectivity index (χ1n) is 5.91. The Morgan fingerprint density at radius 3 is 2.42 bits per heavy atom. The molecule has 7 heteroatoms. The van der Waals surface area contributed by atoms with E-state index < -0.39 is 10.0 Å². The summed E-state index contributed by atoms with van der Waals surface area (Å²) < 4.78 is 34.1. The minimum Gasteiger partial charge on any atom is -0.497 e. The Labute approximate surface area is 112 Å². The highest BCUT2D eigenvalue weighted by atomic mass is 32.2. The fraction of sp³-hybridized carbons (Fsp3) is 0.417. The van der Waals surface area contributed by atoms with Gasteiger partial charge in [0.1, 0.15) is 5.75 Å². The number of hydrogen-bond donors (Lipinski definition) is 1. The maximum atomic E-state index is 12.0. The summed E-state index contributed by atoms with van der Waals surface area (Å²) in [6, 6.07) is 6.14. The normalized spacial score (nSPS) is 15.9. The van der Waals surface area contributed by atoms with Crippen LogP contribution in [0.5, 0.6) is 5.75 Å². The first kappa shape index (κ1) is 13.8. The molecule has 0 spiro atoms. The fourth-order valence-corrected chi connectivity index (χ4v) is 2.50. The monoisotopic (exact) mass is 284 g/mol. The molecule has 0 aromatic heterocycles. The van der Waals surface area contributed by atoms with Crippen molar-refractivity contribution in [3.05, 3.63) is 24.3 Å². The van der Waals surface area contributed by atoms with Crippen molar-refractivity contribution in [2.45, 2.75) is 17.7 Å². The summed E-state index contributed by atoms with van der Waals surface area (Å²) >= 11 is 0. The van der Waals surface area contributed by atoms with Crippen LogP contribution < -0.4 is 9.57 Å². The first-order chi connectivity index (χ1) is 9.12. The Morgan fingerprint density at radius 2 is 1.84 bits per heavy atom. The van der Waals surface area contributed by atoms with Crippen LogP contribution in [0.3, 0.4) is 0 Å². The molecule has 1 fully saturated rings. The number of sulfonamides is 1. The van der Waals surface area contributed by atoms with E-state index in [1.54, 1.807) is 12.1 Å². The van der Waals surface area contributed by atoms with E-state index >= 15 is 0 Å². The molecule has 0 unspecified atom stereocenters. The van der Waals surface area contributed by atoms with E-state index in [0.717, 1.165) is 5.71 Å². The highest BCUT2D eigenvalue weighted by molar-refractivity contribution is 7.89. The molecule has 0 bridgehead atoms. The average molecular weight is 284 g/mol. The minimum atomic E-state index is -3.62. The van der Waals surface area contributed by atoms with Crippen molar-refractivity contribution < 1.29 is 17.9 Å². The Bertz CT molecular complexity index is 544. The van der Waals surface area contributed by atoms with E-state index in [-0.39, 0.29) is 4.90 Å². The lowest BCUT2D eigenvalue weighted by molar-refractivity contribution is 0.134. The standard InChI is InChI=1S/C12H16N2O4S/c1-17-11-2-4-12(5-3-11)19(15,16)14-13-10-6-8-18-9-7-10/h2-5,14H,6-9H2,1H3. The SMILES string of the molecule is COc1ccc(S(=O)(=O)NN=C2CCOCC2)cc1. The number of ether oxygens (including phenoxy) is 2. The molecule has 19 heavy (non-hydrogen) atoms. The largest absolute Gasteiger partial charge is 0.497 e. The molecule has 2 rings (SSSR count). The van der Waals surface area contributed by atoms with Gasteiger partial charge < -0.3 is 9.47 Å². The number of hydrogen-bond acceptors (Lipinski definition) is 5. The van der Waals surface area contributed by atoms with Crippen molar-refractivity contribution in [2.24, 2.45) is 5.10 Å². The third kappa shape index (κ3) is 3.68. The lowest BCUT2D eigenvalue weighted by Crippen LogP contribution is -2.23. The predicted molar refractivity (Wildman–Crippen MR) is 70.8 cm³/mol. The van der Waals surface area contributed by atoms with E-state index in [4.69, 9.17) is 9.47 Å². The average Bonchev–Trinajstić information content (AvgIpc) is 2.46. The van der Waals surface area contributed by atoms with Crippen LogP contribution in [0, 0.1) is 0 Å². The number of benzene rings is 1. The second kappa shape index (κ2) is 6.03. The molecule has 0 aliphatic carbocycles. The maximum absolute atomic E-state index is 12.0. The molecule has 0 radical (unpaired) electrons. The lowest BCUT2D eigenvalue weighted by Gasteiger charge is -2.13. The molecule has 1 N–H and O–H groups in total. The number of methoxy groups -OCH3 is 1. The van der Waals surface area contributed by atoms with Crippen molar-refractivity contribution >= 4 is 15.7 Å². The number of hydrazone groups is 1. The van der Waals surface area contributed by atoms with Crippen LogP contribution in [0.15, 0.2) is 34.3 Å². The van der Waals surface area contributed by atoms with E-state index in [2.05, 4.69) is 9.93 Å². The van der Waals surface area contributed by atoms with Gasteiger partial charge in [0, 0.05) is 18.6 Å². The van der Waals surface area contributed by atoms with Gasteiger partial charge in [-0.3, -0.25) is 0 Å². The van der Waals surface area contributed by atoms with Gasteiger partial charge in [-0.15, -0.1) is 0 Å². The smallest absolute Gasteiger partial charge is 0.276 e. The van der Waals surface area contributed by atoms with Crippen LogP contribution in [0.2, 0.25) is 0 Å². The van der Waals surface area contributed by atoms with Crippen molar-refractivity contribution in [1.29, 1.82) is 0 Å². The second-order valence-corrected chi connectivity index (χ2v) is 5.72. The van der Waals surface area contributed by atoms with Crippen LogP contribution in [0.25, 0.3) is 0 Å². The molecule has 0 atom stereocenters. The third-order valence-electron chi connectivity index (χ3n) is 2.76. The van der Waals surface area contributed by atoms with Gasteiger partial charge >= 0.3 is 0 Å². The highest BCUT2D eigenvalue weighted by Gasteiger charge is 2.14. The summed E-state index contributed by atoms with van der Waals surface area (Å²) in [5.74, 6) is 0.606. The molecular weight excluding hydrogens is 268 g/mol. The van der Waals surface area contributed by atoms with E-state index in [1.807, 2.05) is 0 Å². The highest BCUT2D eigenvalue weighted by Crippen LogP contribution is 2.15. The Morgan fingerprint density at radius 1 is 1.21 bits per heavy atom. The zero-order valence-electron chi connectivity index (χ0n) is 10.6. The van der Waals surface area contributed by atoms with Gasteiger partial charge in [0.15, 0.2) is 0 Å². The van der Waals surface area contributed by atoms with Crippen molar-refractivity contribution in [3.63, 3.8) is 0 Å². The summed E-state index contributed by atoms with van der Waals surface area (Å²) in [6.07, 6.45) is 1.32. The number of nitrogens with zero attached hydrogens (tertiary/aromatic N) is 1. The topological polar surface area (TPSA) is 77.0 Å². The zero-order chi connectivity index (χ0) is 13.7. The Kier molecular flexibility index (Phi) is 4.39. The number of rotatable bonds is 4. The van der Waals surface area contributed by atoms with Crippen LogP contribution in [-0.4, -0.2) is 34.5 Å². The molecule has 1 saturated heterocycles. The summed E-state index contributed by atoms with van der Waals surface area (Å²) in [5, 5.41) is 3.94. The molecule has 1 aromatic rings. The van der Waals surface area contributed by atoms with Gasteiger partial charge in [-0.25, -0.2) is 4.83 Å². The van der Waals surface area contributed by atoms with Crippen LogP contribution >= 0.6 is 0 Å². The molecule has 1 aromatic carbocycles. The first-order valence-corrected chi connectivity index (χ1v) is 7.39. The molecule has 1 aliphatic heterocycles. The second-order valence-electron chi connectivity index (χ2n) is 4.06. The van der Waals surface area contributed by atoms with Gasteiger partial charge in [0.2, 0.25) is 0 Å². The quantitative estimate of drug-likeness (QED) is 0.841. The summed E-state index contributed by atoms with van der Waals surface area (Å²) in [6.45, 7) is 1.17. The minimum absolute atomic E-state index is 0.157. The Hall–Kier alpha value is -1.60. The Balaban J connectivity index is 2.08. The molecule has 0 saturated carbocycles. The molecule has 1 aliphatic rings. The van der Waals surface area contributed by atoms with Gasteiger partial charge in [-0.2, -0.15) is 13.5 Å². The van der Waals surface area contributed by atoms with Crippen LogP contribution in [0.4, 0.5) is 0 Å². The number of nitrogens with one attached hydrogen (secondary N) is 1. The van der Waals surface area contributed by atoms with E-state index in [1.165, 1.54) is 19.2 Å². The molecule has 6 nitrogen and oxygen atoms in total. The van der Waals surface area contributed by atoms with Gasteiger partial charge in [0.25, 0.3) is 10.0 Å². The van der Waals surface area contributed by atoms with E-state index in [0.29, 0.717) is 31.8 Å². The van der Waals surface area contributed by atoms with E-state index in [9.17, 15) is 8.42 Å². The molecule has 1 heterocycles. The molecular formula is C12H16N2O4S. The van der Waals surface area contributed by atoms with Gasteiger partial charge in [-0.05, 0) is 24.3 Å². The van der Waals surface area contributed by atoms with Crippen molar-refractivity contribution in [1.82, 2.24) is 4.83 Å². The zero-order valence-corrected chi connectivity index (χ0v) is 11.4. The van der Waals surface area contributed by atoms with Crippen LogP contribution in [-0.2, 0) is 14.8 Å².